The Morgan fingerprint density at radius 3 is 2.54 bits per heavy atom. The van der Waals surface area contributed by atoms with Crippen molar-refractivity contribution in [1.29, 1.82) is 0 Å². The Bertz CT molecular complexity index is 1280. The lowest BCUT2D eigenvalue weighted by molar-refractivity contribution is -0.125. The van der Waals surface area contributed by atoms with Crippen molar-refractivity contribution in [3.8, 4) is 11.3 Å². The maximum Gasteiger partial charge on any atom is 0.256 e. The number of H-pyrrole nitrogens is 1. The van der Waals surface area contributed by atoms with Gasteiger partial charge in [-0.15, -0.1) is 0 Å². The molecule has 8 heteroatoms. The number of amides is 2. The third kappa shape index (κ3) is 6.83. The minimum Gasteiger partial charge on any atom is -0.365 e. The van der Waals surface area contributed by atoms with E-state index in [1.54, 1.807) is 13.1 Å². The number of hydrogen-bond donors (Lipinski definition) is 3. The first kappa shape index (κ1) is 26.5. The number of aromatic amines is 1. The van der Waals surface area contributed by atoms with Crippen LogP contribution in [0.2, 0.25) is 0 Å². The van der Waals surface area contributed by atoms with Crippen LogP contribution < -0.4 is 11.1 Å². The lowest BCUT2D eigenvalue weighted by atomic mass is 10.0. The second-order valence-corrected chi connectivity index (χ2v) is 10.4. The van der Waals surface area contributed by atoms with Gasteiger partial charge < -0.3 is 25.7 Å². The lowest BCUT2D eigenvalue weighted by Crippen LogP contribution is -2.44. The summed E-state index contributed by atoms with van der Waals surface area (Å²) in [6, 6.07) is 18.1. The number of fused-ring (bicyclic) bond motifs is 1. The Morgan fingerprint density at radius 2 is 1.81 bits per heavy atom. The van der Waals surface area contributed by atoms with E-state index in [0.29, 0.717) is 36.6 Å². The van der Waals surface area contributed by atoms with Crippen LogP contribution in [0.5, 0.6) is 0 Å². The normalized spacial score (nSPS) is 14.0. The number of unbranched alkanes of at least 4 members (excludes halogenated alkanes) is 2. The standard InChI is InChI=1S/C29H34N4O3S/c1-20(34)10-4-2-7-15-25(33-18-26(28(30)35)37-19-33)29(36)31-17-16-23-22-13-8-9-14-24(22)32-27(23)21-11-5-3-6-12-21/h3,5-6,8-9,11-14,18,25,32H,2,4,7,10,15-17,19H2,1H3,(H2,30,35)(H,31,36)/t25-/m0/s1. The van der Waals surface area contributed by atoms with Crippen molar-refractivity contribution in [3.05, 3.63) is 71.3 Å². The van der Waals surface area contributed by atoms with E-state index in [2.05, 4.69) is 34.6 Å². The number of aromatic nitrogens is 1. The largest absolute Gasteiger partial charge is 0.365 e. The average Bonchev–Trinajstić information content (AvgIpc) is 3.52. The van der Waals surface area contributed by atoms with Gasteiger partial charge in [0.05, 0.1) is 10.8 Å². The summed E-state index contributed by atoms with van der Waals surface area (Å²) in [5, 5.41) is 4.30. The minimum absolute atomic E-state index is 0.0600. The molecule has 3 aromatic rings. The summed E-state index contributed by atoms with van der Waals surface area (Å²) in [6.45, 7) is 2.10. The van der Waals surface area contributed by atoms with Gasteiger partial charge in [0, 0.05) is 35.8 Å². The zero-order valence-electron chi connectivity index (χ0n) is 21.2. The van der Waals surface area contributed by atoms with Gasteiger partial charge in [-0.05, 0) is 43.4 Å². The molecule has 0 saturated heterocycles. The van der Waals surface area contributed by atoms with Crippen LogP contribution in [0.15, 0.2) is 65.7 Å². The van der Waals surface area contributed by atoms with Gasteiger partial charge in [0.25, 0.3) is 5.91 Å². The van der Waals surface area contributed by atoms with Gasteiger partial charge in [0.15, 0.2) is 0 Å². The molecule has 7 nitrogen and oxygen atoms in total. The highest BCUT2D eigenvalue weighted by molar-refractivity contribution is 8.04. The third-order valence-electron chi connectivity index (χ3n) is 6.65. The number of nitrogens with one attached hydrogen (secondary N) is 2. The number of nitrogens with zero attached hydrogens (tertiary/aromatic N) is 1. The zero-order chi connectivity index (χ0) is 26.2. The molecule has 2 aromatic carbocycles. The summed E-state index contributed by atoms with van der Waals surface area (Å²) >= 11 is 1.36. The number of nitrogens with two attached hydrogens (primary N) is 1. The fourth-order valence-electron chi connectivity index (χ4n) is 4.76. The van der Waals surface area contributed by atoms with Crippen LogP contribution in [0, 0.1) is 0 Å². The Kier molecular flexibility index (Phi) is 9.06. The summed E-state index contributed by atoms with van der Waals surface area (Å²) in [5.74, 6) is 0.173. The van der Waals surface area contributed by atoms with Crippen LogP contribution >= 0.6 is 11.8 Å². The lowest BCUT2D eigenvalue weighted by Gasteiger charge is -2.26. The number of rotatable bonds is 13. The topological polar surface area (TPSA) is 108 Å². The van der Waals surface area contributed by atoms with Crippen molar-refractivity contribution in [2.24, 2.45) is 5.73 Å². The Morgan fingerprint density at radius 1 is 1.05 bits per heavy atom. The number of carbonyl (C=O) groups excluding carboxylic acids is 3. The molecule has 1 atom stereocenters. The molecule has 1 aliphatic rings. The van der Waals surface area contributed by atoms with Gasteiger partial charge in [-0.25, -0.2) is 0 Å². The minimum atomic E-state index is -0.471. The smallest absolute Gasteiger partial charge is 0.256 e. The van der Waals surface area contributed by atoms with Crippen molar-refractivity contribution in [1.82, 2.24) is 15.2 Å². The molecule has 0 radical (unpaired) electrons. The molecule has 2 heterocycles. The first-order valence-corrected chi connectivity index (χ1v) is 13.7. The van der Waals surface area contributed by atoms with Gasteiger partial charge in [-0.3, -0.25) is 9.59 Å². The molecule has 1 aliphatic heterocycles. The SMILES string of the molecule is CC(=O)CCCCC[C@@H](C(=O)NCCc1c(-c2ccccc2)[nH]c2ccccc12)N1C=C(C(N)=O)SC1. The molecule has 4 N–H and O–H groups in total. The molecule has 0 bridgehead atoms. The van der Waals surface area contributed by atoms with Crippen molar-refractivity contribution < 1.29 is 14.4 Å². The molecule has 0 saturated carbocycles. The second kappa shape index (κ2) is 12.6. The van der Waals surface area contributed by atoms with Crippen molar-refractivity contribution in [3.63, 3.8) is 0 Å². The van der Waals surface area contributed by atoms with Crippen LogP contribution in [0.1, 0.15) is 44.6 Å². The van der Waals surface area contributed by atoms with Crippen LogP contribution in [-0.4, -0.2) is 45.9 Å². The van der Waals surface area contributed by atoms with Crippen LogP contribution in [0.3, 0.4) is 0 Å². The highest BCUT2D eigenvalue weighted by atomic mass is 32.2. The van der Waals surface area contributed by atoms with E-state index in [-0.39, 0.29) is 11.7 Å². The van der Waals surface area contributed by atoms with E-state index in [0.717, 1.165) is 41.4 Å². The maximum absolute atomic E-state index is 13.4. The number of para-hydroxylation sites is 1. The van der Waals surface area contributed by atoms with E-state index >= 15 is 0 Å². The summed E-state index contributed by atoms with van der Waals surface area (Å²) in [4.78, 5) is 42.2. The second-order valence-electron chi connectivity index (χ2n) is 9.39. The average molecular weight is 519 g/mol. The third-order valence-corrected chi connectivity index (χ3v) is 7.70. The first-order valence-electron chi connectivity index (χ1n) is 12.8. The zero-order valence-corrected chi connectivity index (χ0v) is 22.0. The van der Waals surface area contributed by atoms with Gasteiger partial charge in [-0.1, -0.05) is 73.1 Å². The molecule has 194 valence electrons. The Labute approximate surface area is 221 Å². The fourth-order valence-corrected chi connectivity index (χ4v) is 5.65. The number of ketones is 1. The van der Waals surface area contributed by atoms with Crippen molar-refractivity contribution in [2.75, 3.05) is 12.4 Å². The highest BCUT2D eigenvalue weighted by Gasteiger charge is 2.28. The molecule has 1 aromatic heterocycles. The molecule has 4 rings (SSSR count). The quantitative estimate of drug-likeness (QED) is 0.283. The predicted molar refractivity (Wildman–Crippen MR) is 150 cm³/mol. The summed E-state index contributed by atoms with van der Waals surface area (Å²) in [7, 11) is 0. The van der Waals surface area contributed by atoms with Gasteiger partial charge >= 0.3 is 0 Å². The van der Waals surface area contributed by atoms with Crippen LogP contribution in [0.4, 0.5) is 0 Å². The van der Waals surface area contributed by atoms with Gasteiger partial charge in [0.2, 0.25) is 5.91 Å². The van der Waals surface area contributed by atoms with E-state index in [4.69, 9.17) is 5.73 Å². The molecular formula is C29H34N4O3S. The van der Waals surface area contributed by atoms with Crippen molar-refractivity contribution in [2.45, 2.75) is 51.5 Å². The highest BCUT2D eigenvalue weighted by Crippen LogP contribution is 2.31. The van der Waals surface area contributed by atoms with Gasteiger partial charge in [0.1, 0.15) is 11.8 Å². The fraction of sp³-hybridized carbons (Fsp3) is 0.345. The molecular weight excluding hydrogens is 484 g/mol. The molecule has 0 fully saturated rings. The first-order chi connectivity index (χ1) is 17.9. The molecule has 0 spiro atoms. The number of hydrogen-bond acceptors (Lipinski definition) is 5. The molecule has 0 unspecified atom stereocenters. The number of carbonyl (C=O) groups is 3. The molecule has 0 aliphatic carbocycles. The Hall–Kier alpha value is -3.52. The Balaban J connectivity index is 1.44. The van der Waals surface area contributed by atoms with E-state index in [1.807, 2.05) is 35.2 Å². The maximum atomic E-state index is 13.4. The predicted octanol–water partition coefficient (Wildman–Crippen LogP) is 4.73. The van der Waals surface area contributed by atoms with Crippen LogP contribution in [-0.2, 0) is 20.8 Å². The van der Waals surface area contributed by atoms with Crippen molar-refractivity contribution >= 4 is 40.3 Å². The van der Waals surface area contributed by atoms with Gasteiger partial charge in [-0.2, -0.15) is 0 Å². The number of thioether (sulfide) groups is 1. The number of Topliss-reactive ketones (excluding diaryl/α,β-unsaturated/α-hetero) is 1. The number of primary amides is 1. The molecule has 2 amide bonds. The molecule has 37 heavy (non-hydrogen) atoms. The monoisotopic (exact) mass is 518 g/mol. The van der Waals surface area contributed by atoms with Crippen LogP contribution in [0.25, 0.3) is 22.2 Å². The summed E-state index contributed by atoms with van der Waals surface area (Å²) in [6.07, 6.45) is 6.14. The van der Waals surface area contributed by atoms with E-state index < -0.39 is 11.9 Å². The van der Waals surface area contributed by atoms with E-state index in [1.165, 1.54) is 17.3 Å². The van der Waals surface area contributed by atoms with E-state index in [9.17, 15) is 14.4 Å². The number of benzene rings is 2. The summed E-state index contributed by atoms with van der Waals surface area (Å²) in [5.41, 5.74) is 9.89. The summed E-state index contributed by atoms with van der Waals surface area (Å²) < 4.78 is 0.